The highest BCUT2D eigenvalue weighted by Gasteiger charge is 2.13. The Morgan fingerprint density at radius 2 is 1.94 bits per heavy atom. The van der Waals surface area contributed by atoms with E-state index in [1.54, 1.807) is 6.07 Å². The van der Waals surface area contributed by atoms with Gasteiger partial charge in [0.1, 0.15) is 5.82 Å². The van der Waals surface area contributed by atoms with Gasteiger partial charge in [0.25, 0.3) is 5.91 Å². The quantitative estimate of drug-likeness (QED) is 0.224. The highest BCUT2D eigenvalue weighted by molar-refractivity contribution is 7.99. The summed E-state index contributed by atoms with van der Waals surface area (Å²) in [6.45, 7) is 2.70. The molecule has 4 rings (SSSR count). The Morgan fingerprint density at radius 1 is 1.16 bits per heavy atom. The Bertz CT molecular complexity index is 1270. The van der Waals surface area contributed by atoms with E-state index in [4.69, 9.17) is 11.6 Å². The molecule has 32 heavy (non-hydrogen) atoms. The van der Waals surface area contributed by atoms with E-state index in [1.807, 2.05) is 24.3 Å². The molecule has 0 unspecified atom stereocenters. The van der Waals surface area contributed by atoms with E-state index < -0.39 is 5.82 Å². The second-order valence-corrected chi connectivity index (χ2v) is 8.52. The van der Waals surface area contributed by atoms with Gasteiger partial charge in [-0.25, -0.2) is 14.8 Å². The maximum atomic E-state index is 13.8. The maximum Gasteiger partial charge on any atom is 0.250 e. The summed E-state index contributed by atoms with van der Waals surface area (Å²) in [6, 6.07) is 20.6. The SMILES string of the molecule is Cc1ccc(Cn2c(SCC(=O)N/N=C\c3c(F)cccc3Cl)nc3ccccc32)cc1. The second-order valence-electron chi connectivity index (χ2n) is 7.17. The van der Waals surface area contributed by atoms with Crippen LogP contribution in [0.15, 0.2) is 77.0 Å². The number of hydrazone groups is 1. The van der Waals surface area contributed by atoms with Crippen LogP contribution in [0, 0.1) is 12.7 Å². The number of nitrogens with zero attached hydrogens (tertiary/aromatic N) is 3. The second kappa shape index (κ2) is 9.97. The van der Waals surface area contributed by atoms with Crippen molar-refractivity contribution in [3.05, 3.63) is 94.3 Å². The average molecular weight is 467 g/mol. The van der Waals surface area contributed by atoms with Crippen LogP contribution in [0.4, 0.5) is 4.39 Å². The molecule has 8 heteroatoms. The number of imidazole rings is 1. The van der Waals surface area contributed by atoms with Gasteiger partial charge in [-0.05, 0) is 36.8 Å². The molecule has 0 aliphatic carbocycles. The molecule has 4 aromatic rings. The number of aryl methyl sites for hydroxylation is 1. The normalized spacial score (nSPS) is 11.3. The number of para-hydroxylation sites is 2. The van der Waals surface area contributed by atoms with Crippen LogP contribution >= 0.6 is 23.4 Å². The third kappa shape index (κ3) is 5.18. The number of nitrogens with one attached hydrogen (secondary N) is 1. The number of hydrogen-bond donors (Lipinski definition) is 1. The summed E-state index contributed by atoms with van der Waals surface area (Å²) in [4.78, 5) is 17.0. The highest BCUT2D eigenvalue weighted by atomic mass is 35.5. The maximum absolute atomic E-state index is 13.8. The lowest BCUT2D eigenvalue weighted by Gasteiger charge is -2.09. The van der Waals surface area contributed by atoms with E-state index in [9.17, 15) is 9.18 Å². The van der Waals surface area contributed by atoms with Gasteiger partial charge in [-0.15, -0.1) is 0 Å². The molecule has 1 aromatic heterocycles. The molecular formula is C24H20ClFN4OS. The van der Waals surface area contributed by atoms with Crippen molar-refractivity contribution in [3.8, 4) is 0 Å². The van der Waals surface area contributed by atoms with Crippen LogP contribution in [0.2, 0.25) is 5.02 Å². The molecule has 0 radical (unpaired) electrons. The van der Waals surface area contributed by atoms with Crippen LogP contribution in [0.3, 0.4) is 0 Å². The fourth-order valence-corrected chi connectivity index (χ4v) is 4.18. The molecule has 0 fully saturated rings. The molecule has 5 nitrogen and oxygen atoms in total. The molecule has 0 atom stereocenters. The van der Waals surface area contributed by atoms with Crippen LogP contribution in [0.1, 0.15) is 16.7 Å². The molecule has 0 aliphatic rings. The zero-order chi connectivity index (χ0) is 22.5. The molecule has 0 bridgehead atoms. The standard InChI is InChI=1S/C24H20ClFN4OS/c1-16-9-11-17(12-10-16)14-30-22-8-3-2-7-21(22)28-24(30)32-15-23(31)29-27-13-18-19(25)5-4-6-20(18)26/h2-13H,14-15H2,1H3,(H,29,31)/b27-13-. The fourth-order valence-electron chi connectivity index (χ4n) is 3.16. The number of hydrogen-bond acceptors (Lipinski definition) is 4. The van der Waals surface area contributed by atoms with E-state index in [0.717, 1.165) is 21.8 Å². The van der Waals surface area contributed by atoms with E-state index in [0.29, 0.717) is 6.54 Å². The van der Waals surface area contributed by atoms with E-state index in [-0.39, 0.29) is 22.2 Å². The number of carbonyl (C=O) groups is 1. The molecule has 0 saturated heterocycles. The summed E-state index contributed by atoms with van der Waals surface area (Å²) in [5, 5.41) is 4.79. The lowest BCUT2D eigenvalue weighted by molar-refractivity contribution is -0.118. The Hall–Kier alpha value is -3.16. The summed E-state index contributed by atoms with van der Waals surface area (Å²) < 4.78 is 15.9. The monoisotopic (exact) mass is 466 g/mol. The zero-order valence-electron chi connectivity index (χ0n) is 17.3. The molecule has 1 N–H and O–H groups in total. The number of thioether (sulfide) groups is 1. The molecule has 0 aliphatic heterocycles. The number of halogens is 2. The van der Waals surface area contributed by atoms with Gasteiger partial charge in [0, 0.05) is 5.56 Å². The first-order chi connectivity index (χ1) is 15.5. The zero-order valence-corrected chi connectivity index (χ0v) is 18.8. The van der Waals surface area contributed by atoms with E-state index in [1.165, 1.54) is 35.7 Å². The molecule has 1 heterocycles. The number of amides is 1. The summed E-state index contributed by atoms with van der Waals surface area (Å²) in [6.07, 6.45) is 1.20. The van der Waals surface area contributed by atoms with Crippen molar-refractivity contribution in [2.24, 2.45) is 5.10 Å². The van der Waals surface area contributed by atoms with Crippen molar-refractivity contribution in [1.82, 2.24) is 15.0 Å². The van der Waals surface area contributed by atoms with Gasteiger partial charge in [-0.2, -0.15) is 5.10 Å². The molecule has 1 amide bonds. The van der Waals surface area contributed by atoms with Crippen molar-refractivity contribution in [1.29, 1.82) is 0 Å². The van der Waals surface area contributed by atoms with Gasteiger partial charge in [0.05, 0.1) is 34.6 Å². The van der Waals surface area contributed by atoms with Gasteiger partial charge < -0.3 is 4.57 Å². The predicted octanol–water partition coefficient (Wildman–Crippen LogP) is 5.43. The van der Waals surface area contributed by atoms with Gasteiger partial charge in [-0.3, -0.25) is 4.79 Å². The number of rotatable bonds is 7. The molecule has 0 spiro atoms. The summed E-state index contributed by atoms with van der Waals surface area (Å²) in [7, 11) is 0. The minimum Gasteiger partial charge on any atom is -0.314 e. The minimum atomic E-state index is -0.505. The van der Waals surface area contributed by atoms with Crippen LogP contribution in [0.25, 0.3) is 11.0 Å². The summed E-state index contributed by atoms with van der Waals surface area (Å²) in [5.41, 5.74) is 6.76. The lowest BCUT2D eigenvalue weighted by atomic mass is 10.1. The largest absolute Gasteiger partial charge is 0.314 e. The third-order valence-electron chi connectivity index (χ3n) is 4.80. The topological polar surface area (TPSA) is 59.3 Å². The summed E-state index contributed by atoms with van der Waals surface area (Å²) in [5.74, 6) is -0.720. The van der Waals surface area contributed by atoms with Crippen molar-refractivity contribution in [3.63, 3.8) is 0 Å². The third-order valence-corrected chi connectivity index (χ3v) is 6.10. The first-order valence-corrected chi connectivity index (χ1v) is 11.3. The van der Waals surface area contributed by atoms with Crippen molar-refractivity contribution >= 4 is 46.5 Å². The lowest BCUT2D eigenvalue weighted by Crippen LogP contribution is -2.20. The van der Waals surface area contributed by atoms with Gasteiger partial charge in [0.15, 0.2) is 5.16 Å². The summed E-state index contributed by atoms with van der Waals surface area (Å²) >= 11 is 7.28. The van der Waals surface area contributed by atoms with Crippen molar-refractivity contribution < 1.29 is 9.18 Å². The number of carbonyl (C=O) groups excluding carboxylic acids is 1. The van der Waals surface area contributed by atoms with Crippen molar-refractivity contribution in [2.75, 3.05) is 5.75 Å². The first-order valence-electron chi connectivity index (χ1n) is 9.91. The van der Waals surface area contributed by atoms with Crippen molar-refractivity contribution in [2.45, 2.75) is 18.6 Å². The van der Waals surface area contributed by atoms with Crippen LogP contribution in [-0.2, 0) is 11.3 Å². The Morgan fingerprint density at radius 3 is 2.72 bits per heavy atom. The number of benzene rings is 3. The first kappa shape index (κ1) is 22.0. The Balaban J connectivity index is 1.46. The Labute approximate surface area is 194 Å². The van der Waals surface area contributed by atoms with Crippen LogP contribution < -0.4 is 5.43 Å². The van der Waals surface area contributed by atoms with Gasteiger partial charge in [-0.1, -0.05) is 71.4 Å². The molecular weight excluding hydrogens is 447 g/mol. The molecule has 3 aromatic carbocycles. The van der Waals surface area contributed by atoms with Gasteiger partial charge in [0.2, 0.25) is 0 Å². The Kier molecular flexibility index (Phi) is 6.87. The van der Waals surface area contributed by atoms with Gasteiger partial charge >= 0.3 is 0 Å². The molecule has 162 valence electrons. The average Bonchev–Trinajstić information content (AvgIpc) is 3.13. The highest BCUT2D eigenvalue weighted by Crippen LogP contribution is 2.25. The number of fused-ring (bicyclic) bond motifs is 1. The minimum absolute atomic E-state index is 0.111. The van der Waals surface area contributed by atoms with E-state index >= 15 is 0 Å². The van der Waals surface area contributed by atoms with Crippen LogP contribution in [0.5, 0.6) is 0 Å². The van der Waals surface area contributed by atoms with E-state index in [2.05, 4.69) is 51.3 Å². The smallest absolute Gasteiger partial charge is 0.250 e. The fraction of sp³-hybridized carbons (Fsp3) is 0.125. The van der Waals surface area contributed by atoms with Crippen LogP contribution in [-0.4, -0.2) is 27.4 Å². The predicted molar refractivity (Wildman–Crippen MR) is 128 cm³/mol. The molecule has 0 saturated carbocycles. The number of aromatic nitrogens is 2.